The molecule has 0 aliphatic carbocycles. The number of hydrogen-bond donors (Lipinski definition) is 1. The number of amides is 1. The molecule has 33 heavy (non-hydrogen) atoms. The Balaban J connectivity index is 1.34. The second-order valence-corrected chi connectivity index (χ2v) is 8.96. The quantitative estimate of drug-likeness (QED) is 0.656. The fourth-order valence-electron chi connectivity index (χ4n) is 4.93. The van der Waals surface area contributed by atoms with Crippen molar-refractivity contribution in [1.82, 2.24) is 24.8 Å². The van der Waals surface area contributed by atoms with Gasteiger partial charge in [0.05, 0.1) is 23.7 Å². The van der Waals surface area contributed by atoms with Gasteiger partial charge in [-0.25, -0.2) is 4.98 Å². The van der Waals surface area contributed by atoms with Crippen molar-refractivity contribution < 1.29 is 4.79 Å². The smallest absolute Gasteiger partial charge is 0.255 e. The van der Waals surface area contributed by atoms with E-state index in [4.69, 9.17) is 4.98 Å². The highest BCUT2D eigenvalue weighted by Crippen LogP contribution is 2.30. The normalized spacial score (nSPS) is 18.7. The summed E-state index contributed by atoms with van der Waals surface area (Å²) in [5, 5.41) is 0. The number of hydrogen-bond acceptors (Lipinski definition) is 5. The summed E-state index contributed by atoms with van der Waals surface area (Å²) in [6, 6.07) is 13.6. The first kappa shape index (κ1) is 21.5. The van der Waals surface area contributed by atoms with Crippen LogP contribution in [0, 0.1) is 0 Å². The Morgan fingerprint density at radius 2 is 1.91 bits per heavy atom. The third-order valence-corrected chi connectivity index (χ3v) is 6.63. The maximum Gasteiger partial charge on any atom is 0.255 e. The maximum absolute atomic E-state index is 13.1. The second kappa shape index (κ2) is 9.67. The molecule has 1 amide bonds. The van der Waals surface area contributed by atoms with Crippen LogP contribution in [-0.4, -0.2) is 43.7 Å². The number of nitrogens with one attached hydrogen (secondary N) is 1. The highest BCUT2D eigenvalue weighted by molar-refractivity contribution is 5.79. The van der Waals surface area contributed by atoms with Crippen LogP contribution in [0.5, 0.6) is 0 Å². The van der Waals surface area contributed by atoms with Crippen LogP contribution >= 0.6 is 0 Å². The molecule has 1 saturated heterocycles. The molecule has 1 aromatic carbocycles. The molecule has 0 saturated carbocycles. The van der Waals surface area contributed by atoms with Crippen molar-refractivity contribution in [2.45, 2.75) is 51.2 Å². The number of likely N-dealkylation sites (tertiary alicyclic amines) is 1. The first-order valence-corrected chi connectivity index (χ1v) is 11.7. The molecule has 4 heterocycles. The lowest BCUT2D eigenvalue weighted by Gasteiger charge is -2.36. The van der Waals surface area contributed by atoms with Gasteiger partial charge in [0.25, 0.3) is 5.56 Å². The minimum atomic E-state index is -0.165. The fraction of sp³-hybridized carbons (Fsp3) is 0.385. The summed E-state index contributed by atoms with van der Waals surface area (Å²) in [6.45, 7) is 2.89. The average Bonchev–Trinajstić information content (AvgIpc) is 2.85. The number of pyridine rings is 1. The predicted molar refractivity (Wildman–Crippen MR) is 125 cm³/mol. The van der Waals surface area contributed by atoms with Crippen molar-refractivity contribution in [3.05, 3.63) is 93.4 Å². The van der Waals surface area contributed by atoms with Crippen molar-refractivity contribution in [1.29, 1.82) is 0 Å². The summed E-state index contributed by atoms with van der Waals surface area (Å²) in [6.07, 6.45) is 7.58. The molecule has 2 aliphatic rings. The second-order valence-electron chi connectivity index (χ2n) is 8.96. The number of rotatable bonds is 5. The molecule has 7 nitrogen and oxygen atoms in total. The summed E-state index contributed by atoms with van der Waals surface area (Å²) in [7, 11) is 0. The van der Waals surface area contributed by atoms with E-state index in [2.05, 4.69) is 20.9 Å². The number of aromatic amines is 1. The third kappa shape index (κ3) is 4.88. The van der Waals surface area contributed by atoms with Crippen LogP contribution in [0.25, 0.3) is 0 Å². The van der Waals surface area contributed by atoms with Crippen LogP contribution in [0.2, 0.25) is 0 Å². The summed E-state index contributed by atoms with van der Waals surface area (Å²) >= 11 is 0. The standard InChI is InChI=1S/C26H29N5O2/c32-24(15-19-7-2-1-3-8-19)31-13-5-4-10-23(31)25-28-22-11-14-30(18-21(22)26(33)29-25)17-20-9-6-12-27-16-20/h1-3,6-9,12,16,23H,4-5,10-11,13-15,17-18H2,(H,28,29,33). The predicted octanol–water partition coefficient (Wildman–Crippen LogP) is 3.02. The fourth-order valence-corrected chi connectivity index (χ4v) is 4.93. The van der Waals surface area contributed by atoms with Crippen LogP contribution in [0.4, 0.5) is 0 Å². The first-order valence-electron chi connectivity index (χ1n) is 11.7. The molecule has 5 rings (SSSR count). The van der Waals surface area contributed by atoms with Gasteiger partial charge in [-0.1, -0.05) is 36.4 Å². The van der Waals surface area contributed by atoms with E-state index in [1.165, 1.54) is 0 Å². The van der Waals surface area contributed by atoms with E-state index in [1.54, 1.807) is 6.20 Å². The van der Waals surface area contributed by atoms with Gasteiger partial charge in [-0.3, -0.25) is 19.5 Å². The molecule has 1 fully saturated rings. The zero-order chi connectivity index (χ0) is 22.6. The van der Waals surface area contributed by atoms with Gasteiger partial charge >= 0.3 is 0 Å². The zero-order valence-corrected chi connectivity index (χ0v) is 18.7. The Bertz CT molecular complexity index is 1160. The van der Waals surface area contributed by atoms with E-state index < -0.39 is 0 Å². The van der Waals surface area contributed by atoms with E-state index in [0.717, 1.165) is 61.2 Å². The van der Waals surface area contributed by atoms with E-state index in [-0.39, 0.29) is 17.5 Å². The molecule has 2 aromatic heterocycles. The lowest BCUT2D eigenvalue weighted by Crippen LogP contribution is -2.42. The van der Waals surface area contributed by atoms with Gasteiger partial charge in [0, 0.05) is 45.0 Å². The van der Waals surface area contributed by atoms with Crippen LogP contribution < -0.4 is 5.56 Å². The Morgan fingerprint density at radius 3 is 2.73 bits per heavy atom. The van der Waals surface area contributed by atoms with Gasteiger partial charge in [0.15, 0.2) is 0 Å². The van der Waals surface area contributed by atoms with Crippen LogP contribution in [-0.2, 0) is 30.7 Å². The molecule has 3 aromatic rings. The van der Waals surface area contributed by atoms with Crippen molar-refractivity contribution in [2.75, 3.05) is 13.1 Å². The van der Waals surface area contributed by atoms with Gasteiger partial charge in [0.1, 0.15) is 5.82 Å². The summed E-state index contributed by atoms with van der Waals surface area (Å²) < 4.78 is 0. The van der Waals surface area contributed by atoms with E-state index in [0.29, 0.717) is 25.3 Å². The summed E-state index contributed by atoms with van der Waals surface area (Å²) in [5.74, 6) is 0.731. The Hall–Kier alpha value is -3.32. The van der Waals surface area contributed by atoms with Gasteiger partial charge in [0.2, 0.25) is 5.91 Å². The molecule has 1 atom stereocenters. The van der Waals surface area contributed by atoms with Crippen LogP contribution in [0.3, 0.4) is 0 Å². The monoisotopic (exact) mass is 443 g/mol. The number of nitrogens with zero attached hydrogens (tertiary/aromatic N) is 4. The molecule has 0 spiro atoms. The molecule has 0 bridgehead atoms. The number of aromatic nitrogens is 3. The van der Waals surface area contributed by atoms with Crippen LogP contribution in [0.1, 0.15) is 53.5 Å². The summed E-state index contributed by atoms with van der Waals surface area (Å²) in [5.41, 5.74) is 3.68. The Kier molecular flexibility index (Phi) is 6.30. The number of benzene rings is 1. The lowest BCUT2D eigenvalue weighted by molar-refractivity contribution is -0.134. The van der Waals surface area contributed by atoms with Crippen molar-refractivity contribution in [2.24, 2.45) is 0 Å². The number of fused-ring (bicyclic) bond motifs is 1. The molecule has 1 unspecified atom stereocenters. The third-order valence-electron chi connectivity index (χ3n) is 6.63. The molecular weight excluding hydrogens is 414 g/mol. The van der Waals surface area contributed by atoms with E-state index >= 15 is 0 Å². The van der Waals surface area contributed by atoms with Gasteiger partial charge in [-0.05, 0) is 36.5 Å². The molecular formula is C26H29N5O2. The van der Waals surface area contributed by atoms with Crippen LogP contribution in [0.15, 0.2) is 59.7 Å². The molecule has 170 valence electrons. The lowest BCUT2D eigenvalue weighted by atomic mass is 9.99. The topological polar surface area (TPSA) is 82.2 Å². The Morgan fingerprint density at radius 1 is 1.06 bits per heavy atom. The minimum absolute atomic E-state index is 0.0769. The number of carbonyl (C=O) groups is 1. The van der Waals surface area contributed by atoms with Gasteiger partial charge < -0.3 is 9.88 Å². The summed E-state index contributed by atoms with van der Waals surface area (Å²) in [4.78, 5) is 42.5. The highest BCUT2D eigenvalue weighted by Gasteiger charge is 2.31. The largest absolute Gasteiger partial charge is 0.332 e. The molecule has 0 radical (unpaired) electrons. The molecule has 2 aliphatic heterocycles. The Labute approximate surface area is 193 Å². The number of piperidine rings is 1. The van der Waals surface area contributed by atoms with Crippen molar-refractivity contribution in [3.63, 3.8) is 0 Å². The first-order chi connectivity index (χ1) is 16.2. The average molecular weight is 444 g/mol. The number of H-pyrrole nitrogens is 1. The zero-order valence-electron chi connectivity index (χ0n) is 18.7. The van der Waals surface area contributed by atoms with E-state index in [9.17, 15) is 9.59 Å². The molecule has 1 N–H and O–H groups in total. The van der Waals surface area contributed by atoms with Gasteiger partial charge in [-0.2, -0.15) is 0 Å². The SMILES string of the molecule is O=C(Cc1ccccc1)N1CCCCC1c1nc2c(c(=O)[nH]1)CN(Cc1cccnc1)CC2. The highest BCUT2D eigenvalue weighted by atomic mass is 16.2. The van der Waals surface area contributed by atoms with Gasteiger partial charge in [-0.15, -0.1) is 0 Å². The van der Waals surface area contributed by atoms with Crippen molar-refractivity contribution >= 4 is 5.91 Å². The maximum atomic E-state index is 13.1. The number of carbonyl (C=O) groups excluding carboxylic acids is 1. The minimum Gasteiger partial charge on any atom is -0.332 e. The van der Waals surface area contributed by atoms with Crippen molar-refractivity contribution in [3.8, 4) is 0 Å². The molecule has 7 heteroatoms. The van der Waals surface area contributed by atoms with E-state index in [1.807, 2.05) is 47.5 Å².